The van der Waals surface area contributed by atoms with Gasteiger partial charge in [-0.1, -0.05) is 19.1 Å². The highest BCUT2D eigenvalue weighted by Crippen LogP contribution is 2.10. The smallest absolute Gasteiger partial charge is 0.335 e. The van der Waals surface area contributed by atoms with Crippen molar-refractivity contribution in [3.05, 3.63) is 51.5 Å². The lowest BCUT2D eigenvalue weighted by Gasteiger charge is -2.07. The predicted octanol–water partition coefficient (Wildman–Crippen LogP) is 2.45. The number of aryl methyl sites for hydroxylation is 1. The Bertz CT molecular complexity index is 667. The van der Waals surface area contributed by atoms with E-state index in [0.29, 0.717) is 19.5 Å². The molecule has 0 spiro atoms. The molecule has 2 rings (SSSR count). The van der Waals surface area contributed by atoms with E-state index in [1.54, 1.807) is 23.5 Å². The summed E-state index contributed by atoms with van der Waals surface area (Å²) in [6.07, 6.45) is 1.64. The highest BCUT2D eigenvalue weighted by Gasteiger charge is 2.04. The lowest BCUT2D eigenvalue weighted by atomic mass is 10.1. The van der Waals surface area contributed by atoms with Gasteiger partial charge in [-0.15, -0.1) is 11.3 Å². The van der Waals surface area contributed by atoms with Crippen LogP contribution in [0.3, 0.4) is 0 Å². The molecule has 0 fully saturated rings. The molecule has 0 unspecified atom stereocenters. The third-order valence-electron chi connectivity index (χ3n) is 3.22. The Hall–Kier alpha value is -2.41. The topological polar surface area (TPSA) is 91.3 Å². The number of amides is 2. The monoisotopic (exact) mass is 333 g/mol. The number of rotatable bonds is 7. The van der Waals surface area contributed by atoms with E-state index in [9.17, 15) is 9.59 Å². The van der Waals surface area contributed by atoms with Crippen molar-refractivity contribution in [3.8, 4) is 0 Å². The molecule has 0 saturated heterocycles. The van der Waals surface area contributed by atoms with Crippen LogP contribution in [-0.4, -0.2) is 28.6 Å². The quantitative estimate of drug-likeness (QED) is 0.726. The van der Waals surface area contributed by atoms with Gasteiger partial charge in [0.2, 0.25) is 0 Å². The molecular formula is C16H19N3O3S. The summed E-state index contributed by atoms with van der Waals surface area (Å²) in [6.45, 7) is 2.94. The molecule has 2 amide bonds. The first-order valence-corrected chi connectivity index (χ1v) is 8.23. The molecule has 6 nitrogen and oxygen atoms in total. The summed E-state index contributed by atoms with van der Waals surface area (Å²) in [5, 5.41) is 17.5. The van der Waals surface area contributed by atoms with E-state index in [0.717, 1.165) is 22.7 Å². The number of benzene rings is 1. The van der Waals surface area contributed by atoms with Crippen molar-refractivity contribution in [1.82, 2.24) is 15.6 Å². The summed E-state index contributed by atoms with van der Waals surface area (Å²) >= 11 is 1.64. The molecular weight excluding hydrogens is 314 g/mol. The molecule has 0 bridgehead atoms. The third-order valence-corrected chi connectivity index (χ3v) is 4.26. The van der Waals surface area contributed by atoms with Crippen molar-refractivity contribution in [1.29, 1.82) is 0 Å². The largest absolute Gasteiger partial charge is 0.478 e. The van der Waals surface area contributed by atoms with Gasteiger partial charge in [-0.25, -0.2) is 14.6 Å². The van der Waals surface area contributed by atoms with Gasteiger partial charge < -0.3 is 15.7 Å². The normalized spacial score (nSPS) is 10.3. The molecule has 0 aliphatic rings. The van der Waals surface area contributed by atoms with Crippen LogP contribution in [0.2, 0.25) is 0 Å². The molecule has 1 aromatic heterocycles. The van der Waals surface area contributed by atoms with Gasteiger partial charge in [-0.2, -0.15) is 0 Å². The van der Waals surface area contributed by atoms with Crippen molar-refractivity contribution >= 4 is 23.3 Å². The maximum absolute atomic E-state index is 11.7. The van der Waals surface area contributed by atoms with Gasteiger partial charge in [0.15, 0.2) is 0 Å². The number of carboxylic acid groups (broad SMARTS) is 1. The lowest BCUT2D eigenvalue weighted by molar-refractivity contribution is 0.0697. The molecule has 2 aromatic rings. The van der Waals surface area contributed by atoms with Crippen LogP contribution in [0.4, 0.5) is 4.79 Å². The summed E-state index contributed by atoms with van der Waals surface area (Å²) in [5.41, 5.74) is 2.07. The molecule has 122 valence electrons. The number of nitrogens with one attached hydrogen (secondary N) is 2. The second-order valence-electron chi connectivity index (χ2n) is 4.95. The maximum atomic E-state index is 11.7. The van der Waals surface area contributed by atoms with E-state index >= 15 is 0 Å². The molecule has 23 heavy (non-hydrogen) atoms. The number of hydrogen-bond donors (Lipinski definition) is 3. The zero-order chi connectivity index (χ0) is 16.7. The summed E-state index contributed by atoms with van der Waals surface area (Å²) in [6, 6.07) is 6.16. The summed E-state index contributed by atoms with van der Waals surface area (Å²) in [4.78, 5) is 26.9. The number of thiazole rings is 1. The highest BCUT2D eigenvalue weighted by molar-refractivity contribution is 7.09. The van der Waals surface area contributed by atoms with Crippen molar-refractivity contribution in [2.24, 2.45) is 0 Å². The average molecular weight is 333 g/mol. The van der Waals surface area contributed by atoms with E-state index < -0.39 is 5.97 Å². The second kappa shape index (κ2) is 8.28. The van der Waals surface area contributed by atoms with Crippen molar-refractivity contribution in [2.45, 2.75) is 26.3 Å². The minimum absolute atomic E-state index is 0.230. The van der Waals surface area contributed by atoms with Crippen LogP contribution in [-0.2, 0) is 19.4 Å². The number of aromatic carboxylic acids is 1. The molecule has 0 aliphatic heterocycles. The lowest BCUT2D eigenvalue weighted by Crippen LogP contribution is -2.36. The zero-order valence-electron chi connectivity index (χ0n) is 12.8. The molecule has 7 heteroatoms. The molecule has 1 heterocycles. The van der Waals surface area contributed by atoms with Crippen molar-refractivity contribution in [2.75, 3.05) is 6.54 Å². The van der Waals surface area contributed by atoms with Gasteiger partial charge in [0.1, 0.15) is 0 Å². The van der Waals surface area contributed by atoms with Crippen molar-refractivity contribution in [3.63, 3.8) is 0 Å². The van der Waals surface area contributed by atoms with Gasteiger partial charge in [0.25, 0.3) is 0 Å². The number of carbonyl (C=O) groups is 2. The predicted molar refractivity (Wildman–Crippen MR) is 88.8 cm³/mol. The summed E-state index contributed by atoms with van der Waals surface area (Å²) in [7, 11) is 0. The number of carbonyl (C=O) groups excluding carboxylic acids is 1. The molecule has 0 aliphatic carbocycles. The Labute approximate surface area is 138 Å². The van der Waals surface area contributed by atoms with Crippen molar-refractivity contribution < 1.29 is 14.7 Å². The number of aromatic nitrogens is 1. The first-order valence-electron chi connectivity index (χ1n) is 7.35. The Morgan fingerprint density at radius 3 is 2.57 bits per heavy atom. The van der Waals surface area contributed by atoms with Gasteiger partial charge in [0, 0.05) is 24.9 Å². The van der Waals surface area contributed by atoms with E-state index in [1.807, 2.05) is 5.38 Å². The fraction of sp³-hybridized carbons (Fsp3) is 0.312. The number of nitrogens with zero attached hydrogens (tertiary/aromatic N) is 1. The Morgan fingerprint density at radius 1 is 1.22 bits per heavy atom. The van der Waals surface area contributed by atoms with E-state index in [4.69, 9.17) is 5.11 Å². The number of carboxylic acids is 1. The number of urea groups is 1. The molecule has 0 atom stereocenters. The Kier molecular flexibility index (Phi) is 6.10. The van der Waals surface area contributed by atoms with Crippen LogP contribution in [0.1, 0.15) is 33.5 Å². The molecule has 1 aromatic carbocycles. The van der Waals surface area contributed by atoms with E-state index in [2.05, 4.69) is 22.5 Å². The highest BCUT2D eigenvalue weighted by atomic mass is 32.1. The van der Waals surface area contributed by atoms with Gasteiger partial charge in [0.05, 0.1) is 16.3 Å². The minimum Gasteiger partial charge on any atom is -0.478 e. The van der Waals surface area contributed by atoms with Gasteiger partial charge in [-0.05, 0) is 24.1 Å². The van der Waals surface area contributed by atoms with Crippen LogP contribution in [0.25, 0.3) is 0 Å². The van der Waals surface area contributed by atoms with E-state index in [-0.39, 0.29) is 11.6 Å². The molecule has 0 radical (unpaired) electrons. The van der Waals surface area contributed by atoms with E-state index in [1.165, 1.54) is 12.1 Å². The van der Waals surface area contributed by atoms with Crippen LogP contribution in [0, 0.1) is 0 Å². The van der Waals surface area contributed by atoms with Crippen LogP contribution >= 0.6 is 11.3 Å². The fourth-order valence-corrected chi connectivity index (χ4v) is 2.72. The Morgan fingerprint density at radius 2 is 1.96 bits per heavy atom. The zero-order valence-corrected chi connectivity index (χ0v) is 13.7. The van der Waals surface area contributed by atoms with Crippen LogP contribution in [0.15, 0.2) is 29.6 Å². The fourth-order valence-electron chi connectivity index (χ4n) is 1.94. The maximum Gasteiger partial charge on any atom is 0.335 e. The standard InChI is InChI=1S/C16H19N3O3S/c1-2-14-19-13(10-23-14)7-8-17-16(22)18-9-11-3-5-12(6-4-11)15(20)21/h3-6,10H,2,7-9H2,1H3,(H,20,21)(H2,17,18,22). The summed E-state index contributed by atoms with van der Waals surface area (Å²) < 4.78 is 0. The third kappa shape index (κ3) is 5.37. The Balaban J connectivity index is 1.69. The second-order valence-corrected chi connectivity index (χ2v) is 5.89. The van der Waals surface area contributed by atoms with Crippen LogP contribution in [0.5, 0.6) is 0 Å². The summed E-state index contributed by atoms with van der Waals surface area (Å²) in [5.74, 6) is -0.962. The minimum atomic E-state index is -0.962. The van der Waals surface area contributed by atoms with Crippen LogP contribution < -0.4 is 10.6 Å². The average Bonchev–Trinajstić information content (AvgIpc) is 3.01. The van der Waals surface area contributed by atoms with Gasteiger partial charge >= 0.3 is 12.0 Å². The number of hydrogen-bond acceptors (Lipinski definition) is 4. The molecule has 3 N–H and O–H groups in total. The first-order chi connectivity index (χ1) is 11.1. The SMILES string of the molecule is CCc1nc(CCNC(=O)NCc2ccc(C(=O)O)cc2)cs1. The molecule has 0 saturated carbocycles. The first kappa shape index (κ1) is 17.0. The van der Waals surface area contributed by atoms with Gasteiger partial charge in [-0.3, -0.25) is 0 Å².